The van der Waals surface area contributed by atoms with E-state index >= 15 is 0 Å². The molecule has 0 radical (unpaired) electrons. The fourth-order valence-corrected chi connectivity index (χ4v) is 3.70. The maximum Gasteiger partial charge on any atom is 0.362 e. The molecule has 0 bridgehead atoms. The van der Waals surface area contributed by atoms with E-state index in [-0.39, 0.29) is 42.3 Å². The average molecular weight is 527 g/mol. The molecule has 0 aromatic carbocycles. The van der Waals surface area contributed by atoms with Gasteiger partial charge in [-0.2, -0.15) is 0 Å². The normalized spacial score (nSPS) is 19.2. The van der Waals surface area contributed by atoms with Crippen LogP contribution in [0.25, 0.3) is 0 Å². The molecule has 4 atom stereocenters. The van der Waals surface area contributed by atoms with E-state index in [0.29, 0.717) is 11.1 Å². The van der Waals surface area contributed by atoms with Crippen molar-refractivity contribution in [2.75, 3.05) is 40.9 Å². The van der Waals surface area contributed by atoms with Crippen LogP contribution in [-0.2, 0) is 28.7 Å². The van der Waals surface area contributed by atoms with Crippen LogP contribution in [0, 0.1) is 0 Å². The number of carbonyl (C=O) groups excluding carboxylic acids is 2. The van der Waals surface area contributed by atoms with Gasteiger partial charge < -0.3 is 35.6 Å². The molecule has 0 aromatic heterocycles. The van der Waals surface area contributed by atoms with Crippen molar-refractivity contribution in [2.24, 2.45) is 5.73 Å². The molecule has 1 saturated heterocycles. The molecule has 0 aromatic rings. The number of carbonyl (C=O) groups is 5. The SMILES string of the molecule is C=CC(=O)N(C=C(NC(=O)C(=C)CC(C(=O)O)[N+](C)(C)C)C(=O)O)C(N)C(C(=O)O)N1CCOCC1C. The van der Waals surface area contributed by atoms with Crippen molar-refractivity contribution in [3.63, 3.8) is 0 Å². The number of hydrogen-bond donors (Lipinski definition) is 5. The fraction of sp³-hybridized carbons (Fsp3) is 0.522. The largest absolute Gasteiger partial charge is 0.480 e. The second-order valence-electron chi connectivity index (χ2n) is 9.47. The topological polar surface area (TPSA) is 200 Å². The first-order valence-electron chi connectivity index (χ1n) is 11.3. The number of nitrogens with one attached hydrogen (secondary N) is 1. The lowest BCUT2D eigenvalue weighted by Crippen LogP contribution is -2.63. The minimum atomic E-state index is -1.66. The third-order valence-electron chi connectivity index (χ3n) is 5.83. The van der Waals surface area contributed by atoms with E-state index in [2.05, 4.69) is 18.5 Å². The van der Waals surface area contributed by atoms with Crippen LogP contribution in [0.15, 0.2) is 36.7 Å². The average Bonchev–Trinajstić information content (AvgIpc) is 2.79. The van der Waals surface area contributed by atoms with Gasteiger partial charge in [0.25, 0.3) is 11.8 Å². The van der Waals surface area contributed by atoms with Crippen molar-refractivity contribution in [3.8, 4) is 0 Å². The summed E-state index contributed by atoms with van der Waals surface area (Å²) in [6.07, 6.45) is -0.343. The number of hydrogen-bond acceptors (Lipinski definition) is 8. The number of quaternary nitrogens is 1. The van der Waals surface area contributed by atoms with Crippen LogP contribution in [-0.4, -0.2) is 125 Å². The molecule has 14 nitrogen and oxygen atoms in total. The highest BCUT2D eigenvalue weighted by Gasteiger charge is 2.40. The summed E-state index contributed by atoms with van der Waals surface area (Å²) < 4.78 is 5.29. The van der Waals surface area contributed by atoms with E-state index in [1.54, 1.807) is 28.1 Å². The van der Waals surface area contributed by atoms with Gasteiger partial charge >= 0.3 is 17.9 Å². The molecule has 4 unspecified atom stereocenters. The number of rotatable bonds is 13. The molecule has 6 N–H and O–H groups in total. The molecule has 206 valence electrons. The summed E-state index contributed by atoms with van der Waals surface area (Å²) in [5.41, 5.74) is 5.15. The van der Waals surface area contributed by atoms with Crippen molar-refractivity contribution in [3.05, 3.63) is 36.7 Å². The molecule has 1 fully saturated rings. The van der Waals surface area contributed by atoms with Gasteiger partial charge in [-0.1, -0.05) is 13.2 Å². The van der Waals surface area contributed by atoms with Crippen molar-refractivity contribution < 1.29 is 48.5 Å². The standard InChI is InChI=1S/C23H35N5O9/c1-7-17(29)27(19(24)18(23(35)36)26-8-9-37-12-14(26)3)11-15(21(31)32)25-20(30)13(2)10-16(22(33)34)28(4,5)6/h7,11,14,16,18-19H,1-2,8-10,12,24H2,3-6H3,(H3-,25,30,31,32,33,34,35,36)/p+1. The maximum atomic E-state index is 12.7. The molecule has 1 aliphatic rings. The molecule has 0 saturated carbocycles. The van der Waals surface area contributed by atoms with Gasteiger partial charge in [0.05, 0.1) is 34.4 Å². The number of likely N-dealkylation sites (N-methyl/N-ethyl adjacent to an activating group) is 1. The number of amides is 2. The van der Waals surface area contributed by atoms with Crippen molar-refractivity contribution >= 4 is 29.7 Å². The first-order valence-corrected chi connectivity index (χ1v) is 11.3. The van der Waals surface area contributed by atoms with Crippen LogP contribution < -0.4 is 11.1 Å². The maximum absolute atomic E-state index is 12.7. The minimum absolute atomic E-state index is 0.0315. The zero-order valence-electron chi connectivity index (χ0n) is 21.4. The van der Waals surface area contributed by atoms with E-state index in [0.717, 1.165) is 6.08 Å². The monoisotopic (exact) mass is 526 g/mol. The van der Waals surface area contributed by atoms with Crippen LogP contribution in [0.2, 0.25) is 0 Å². The highest BCUT2D eigenvalue weighted by molar-refractivity contribution is 6.00. The lowest BCUT2D eigenvalue weighted by atomic mass is 10.0. The highest BCUT2D eigenvalue weighted by atomic mass is 16.5. The van der Waals surface area contributed by atoms with E-state index in [1.807, 2.05) is 0 Å². The Labute approximate surface area is 214 Å². The van der Waals surface area contributed by atoms with Crippen LogP contribution in [0.1, 0.15) is 13.3 Å². The van der Waals surface area contributed by atoms with Crippen LogP contribution in [0.4, 0.5) is 0 Å². The zero-order valence-corrected chi connectivity index (χ0v) is 21.4. The fourth-order valence-electron chi connectivity index (χ4n) is 3.70. The number of carboxylic acid groups (broad SMARTS) is 3. The van der Waals surface area contributed by atoms with Gasteiger partial charge in [-0.05, 0) is 13.0 Å². The van der Waals surface area contributed by atoms with E-state index < -0.39 is 53.7 Å². The van der Waals surface area contributed by atoms with Gasteiger partial charge in [0.15, 0.2) is 6.04 Å². The van der Waals surface area contributed by atoms with E-state index in [4.69, 9.17) is 10.5 Å². The Hall–Kier alpha value is -3.59. The first kappa shape index (κ1) is 31.4. The highest BCUT2D eigenvalue weighted by Crippen LogP contribution is 2.18. The summed E-state index contributed by atoms with van der Waals surface area (Å²) in [5.74, 6) is -6.11. The Morgan fingerprint density at radius 1 is 1.19 bits per heavy atom. The predicted octanol–water partition coefficient (Wildman–Crippen LogP) is -1.39. The predicted molar refractivity (Wildman–Crippen MR) is 131 cm³/mol. The van der Waals surface area contributed by atoms with Gasteiger partial charge in [-0.3, -0.25) is 24.2 Å². The third-order valence-corrected chi connectivity index (χ3v) is 5.83. The second-order valence-corrected chi connectivity index (χ2v) is 9.47. The summed E-state index contributed by atoms with van der Waals surface area (Å²) in [7, 11) is 4.84. The molecule has 1 heterocycles. The smallest absolute Gasteiger partial charge is 0.362 e. The molecule has 1 aliphatic heterocycles. The molecule has 0 aliphatic carbocycles. The Kier molecular flexibility index (Phi) is 11.1. The van der Waals surface area contributed by atoms with E-state index in [1.165, 1.54) is 4.90 Å². The molecular weight excluding hydrogens is 490 g/mol. The Morgan fingerprint density at radius 2 is 1.78 bits per heavy atom. The molecule has 37 heavy (non-hydrogen) atoms. The minimum Gasteiger partial charge on any atom is -0.480 e. The zero-order chi connectivity index (χ0) is 28.7. The number of aliphatic carboxylic acids is 3. The van der Waals surface area contributed by atoms with Gasteiger partial charge in [0.1, 0.15) is 17.9 Å². The summed E-state index contributed by atoms with van der Waals surface area (Å²) in [6, 6.07) is -2.86. The molecule has 0 spiro atoms. The number of nitrogens with zero attached hydrogens (tertiary/aromatic N) is 3. The van der Waals surface area contributed by atoms with Crippen LogP contribution in [0.3, 0.4) is 0 Å². The van der Waals surface area contributed by atoms with Crippen molar-refractivity contribution in [2.45, 2.75) is 37.6 Å². The number of ether oxygens (including phenoxy) is 1. The number of nitrogens with two attached hydrogens (primary N) is 1. The Balaban J connectivity index is 3.32. The number of carboxylic acids is 3. The lowest BCUT2D eigenvalue weighted by Gasteiger charge is -2.41. The molecular formula is C23H36N5O9+. The van der Waals surface area contributed by atoms with Gasteiger partial charge in [0, 0.05) is 30.8 Å². The first-order chi connectivity index (χ1) is 17.0. The van der Waals surface area contributed by atoms with Crippen LogP contribution >= 0.6 is 0 Å². The molecule has 1 rings (SSSR count). The van der Waals surface area contributed by atoms with Crippen LogP contribution in [0.5, 0.6) is 0 Å². The summed E-state index contributed by atoms with van der Waals surface area (Å²) >= 11 is 0. The van der Waals surface area contributed by atoms with Gasteiger partial charge in [0.2, 0.25) is 0 Å². The Morgan fingerprint density at radius 3 is 2.22 bits per heavy atom. The molecule has 2 amide bonds. The van der Waals surface area contributed by atoms with Crippen molar-refractivity contribution in [1.82, 2.24) is 15.1 Å². The quantitative estimate of drug-likeness (QED) is 0.107. The summed E-state index contributed by atoms with van der Waals surface area (Å²) in [4.78, 5) is 63.1. The Bertz CT molecular complexity index is 972. The van der Waals surface area contributed by atoms with Crippen molar-refractivity contribution in [1.29, 1.82) is 0 Å². The number of morpholine rings is 1. The summed E-state index contributed by atoms with van der Waals surface area (Å²) in [5, 5.41) is 31.1. The van der Waals surface area contributed by atoms with Gasteiger partial charge in [-0.25, -0.2) is 9.59 Å². The summed E-state index contributed by atoms with van der Waals surface area (Å²) in [6.45, 7) is 9.28. The van der Waals surface area contributed by atoms with Gasteiger partial charge in [-0.15, -0.1) is 0 Å². The lowest BCUT2D eigenvalue weighted by molar-refractivity contribution is -0.887. The second kappa shape index (κ2) is 13.1. The molecule has 14 heteroatoms. The third kappa shape index (κ3) is 8.49. The van der Waals surface area contributed by atoms with E-state index in [9.17, 15) is 39.3 Å².